The second-order valence-corrected chi connectivity index (χ2v) is 2.96. The largest absolute Gasteiger partial charge is 0.479 e. The Kier molecular flexibility index (Phi) is 3.45. The van der Waals surface area contributed by atoms with Gasteiger partial charge in [-0.2, -0.15) is 0 Å². The molecular formula is C6H9N3O6. The summed E-state index contributed by atoms with van der Waals surface area (Å²) in [6.45, 7) is 0. The molecule has 0 amide bonds. The fourth-order valence-electron chi connectivity index (χ4n) is 1.21. The Labute approximate surface area is 83.1 Å². The molecule has 1 saturated heterocycles. The van der Waals surface area contributed by atoms with Crippen LogP contribution >= 0.6 is 0 Å². The molecule has 84 valence electrons. The van der Waals surface area contributed by atoms with Gasteiger partial charge >= 0.3 is 5.97 Å². The molecule has 0 aliphatic carbocycles. The molecule has 15 heavy (non-hydrogen) atoms. The number of azide groups is 1. The molecule has 0 bridgehead atoms. The van der Waals surface area contributed by atoms with Gasteiger partial charge in [0.25, 0.3) is 0 Å². The second-order valence-electron chi connectivity index (χ2n) is 2.96. The molecule has 1 heterocycles. The molecule has 9 heteroatoms. The average Bonchev–Trinajstić information content (AvgIpc) is 2.18. The van der Waals surface area contributed by atoms with E-state index in [0.717, 1.165) is 0 Å². The van der Waals surface area contributed by atoms with Gasteiger partial charge in [-0.3, -0.25) is 0 Å². The Bertz CT molecular complexity index is 289. The summed E-state index contributed by atoms with van der Waals surface area (Å²) in [5, 5.41) is 39.2. The van der Waals surface area contributed by atoms with Crippen LogP contribution in [0.2, 0.25) is 0 Å². The van der Waals surface area contributed by atoms with Gasteiger partial charge in [-0.1, -0.05) is 5.11 Å². The third-order valence-corrected chi connectivity index (χ3v) is 2.00. The van der Waals surface area contributed by atoms with Crippen molar-refractivity contribution in [3.05, 3.63) is 10.4 Å². The van der Waals surface area contributed by atoms with Crippen LogP contribution in [0.3, 0.4) is 0 Å². The van der Waals surface area contributed by atoms with Gasteiger partial charge in [0.05, 0.1) is 0 Å². The monoisotopic (exact) mass is 219 g/mol. The van der Waals surface area contributed by atoms with E-state index in [2.05, 4.69) is 14.8 Å². The number of aliphatic carboxylic acids is 1. The van der Waals surface area contributed by atoms with Crippen molar-refractivity contribution in [3.63, 3.8) is 0 Å². The third-order valence-electron chi connectivity index (χ3n) is 2.00. The number of aliphatic hydroxyl groups is 3. The van der Waals surface area contributed by atoms with Crippen molar-refractivity contribution in [2.75, 3.05) is 0 Å². The Balaban J connectivity index is 2.89. The summed E-state index contributed by atoms with van der Waals surface area (Å²) in [6.07, 6.45) is -8.45. The molecule has 0 saturated carbocycles. The SMILES string of the molecule is [N-]=[N+]=N[C@H]1O[C@H](C(=O)O)[C@@H](O)[C@H](O)[C@@H]1O. The minimum atomic E-state index is -1.78. The highest BCUT2D eigenvalue weighted by Gasteiger charge is 2.46. The maximum atomic E-state index is 10.6. The van der Waals surface area contributed by atoms with Crippen LogP contribution < -0.4 is 0 Å². The first-order valence-corrected chi connectivity index (χ1v) is 3.95. The molecule has 0 unspecified atom stereocenters. The summed E-state index contributed by atoms with van der Waals surface area (Å²) in [4.78, 5) is 12.9. The Hall–Kier alpha value is -1.38. The molecule has 0 radical (unpaired) electrons. The van der Waals surface area contributed by atoms with Gasteiger partial charge in [-0.15, -0.1) is 0 Å². The van der Waals surface area contributed by atoms with Crippen molar-refractivity contribution in [2.45, 2.75) is 30.6 Å². The van der Waals surface area contributed by atoms with Crippen LogP contribution in [0, 0.1) is 0 Å². The van der Waals surface area contributed by atoms with Gasteiger partial charge in [0.1, 0.15) is 18.3 Å². The number of carboxylic acid groups (broad SMARTS) is 1. The van der Waals surface area contributed by atoms with Crippen LogP contribution in [0.1, 0.15) is 0 Å². The van der Waals surface area contributed by atoms with Crippen LogP contribution in [-0.2, 0) is 9.53 Å². The van der Waals surface area contributed by atoms with Crippen molar-refractivity contribution in [1.29, 1.82) is 0 Å². The molecule has 1 aliphatic heterocycles. The van der Waals surface area contributed by atoms with Crippen molar-refractivity contribution in [1.82, 2.24) is 0 Å². The van der Waals surface area contributed by atoms with Crippen molar-refractivity contribution in [2.24, 2.45) is 5.11 Å². The van der Waals surface area contributed by atoms with Crippen LogP contribution in [0.25, 0.3) is 10.4 Å². The highest BCUT2D eigenvalue weighted by Crippen LogP contribution is 2.22. The van der Waals surface area contributed by atoms with Gasteiger partial charge in [0.2, 0.25) is 0 Å². The number of rotatable bonds is 2. The molecule has 9 nitrogen and oxygen atoms in total. The molecule has 4 N–H and O–H groups in total. The fourth-order valence-corrected chi connectivity index (χ4v) is 1.21. The minimum Gasteiger partial charge on any atom is -0.479 e. The molecule has 0 aromatic rings. The number of carbonyl (C=O) groups is 1. The van der Waals surface area contributed by atoms with Gasteiger partial charge in [-0.25, -0.2) is 4.79 Å². The lowest BCUT2D eigenvalue weighted by molar-refractivity contribution is -0.226. The number of ether oxygens (including phenoxy) is 1. The van der Waals surface area contributed by atoms with Crippen molar-refractivity contribution >= 4 is 5.97 Å². The minimum absolute atomic E-state index is 1.52. The highest BCUT2D eigenvalue weighted by molar-refractivity contribution is 5.73. The van der Waals surface area contributed by atoms with Crippen LogP contribution in [0.15, 0.2) is 5.11 Å². The zero-order valence-electron chi connectivity index (χ0n) is 7.33. The average molecular weight is 219 g/mol. The summed E-state index contributed by atoms with van der Waals surface area (Å²) in [7, 11) is 0. The normalized spacial score (nSPS) is 40.6. The standard InChI is InChI=1S/C6H9N3O6/c7-9-8-5-3(12)1(10)2(11)4(15-5)6(13)14/h1-5,10-12H,(H,13,14)/t1-,2-,3-,4-,5-/m0/s1. The number of carboxylic acids is 1. The summed E-state index contributed by atoms with van der Waals surface area (Å²) in [5.41, 5.74) is 8.09. The van der Waals surface area contributed by atoms with E-state index in [1.54, 1.807) is 0 Å². The summed E-state index contributed by atoms with van der Waals surface area (Å²) in [6, 6.07) is 0. The molecule has 1 aliphatic rings. The predicted molar refractivity (Wildman–Crippen MR) is 43.5 cm³/mol. The maximum Gasteiger partial charge on any atom is 0.335 e. The quantitative estimate of drug-likeness (QED) is 0.243. The van der Waals surface area contributed by atoms with E-state index in [-0.39, 0.29) is 0 Å². The lowest BCUT2D eigenvalue weighted by Crippen LogP contribution is -2.59. The molecule has 5 atom stereocenters. The van der Waals surface area contributed by atoms with Crippen LogP contribution in [-0.4, -0.2) is 57.0 Å². The fraction of sp³-hybridized carbons (Fsp3) is 0.833. The molecule has 0 aromatic carbocycles. The molecule has 1 fully saturated rings. The topological polar surface area (TPSA) is 156 Å². The zero-order chi connectivity index (χ0) is 11.6. The Morgan fingerprint density at radius 3 is 2.33 bits per heavy atom. The second kappa shape index (κ2) is 4.43. The number of hydrogen-bond acceptors (Lipinski definition) is 6. The van der Waals surface area contributed by atoms with E-state index in [9.17, 15) is 20.1 Å². The molecule has 0 aromatic heterocycles. The maximum absolute atomic E-state index is 10.6. The van der Waals surface area contributed by atoms with Gasteiger partial charge in [-0.05, 0) is 5.53 Å². The molecule has 0 spiro atoms. The van der Waals surface area contributed by atoms with E-state index in [1.165, 1.54) is 0 Å². The van der Waals surface area contributed by atoms with Crippen molar-refractivity contribution in [3.8, 4) is 0 Å². The van der Waals surface area contributed by atoms with E-state index < -0.39 is 36.6 Å². The summed E-state index contributed by atoms with van der Waals surface area (Å²) in [5.74, 6) is -1.52. The summed E-state index contributed by atoms with van der Waals surface area (Å²) < 4.78 is 4.60. The van der Waals surface area contributed by atoms with E-state index in [4.69, 9.17) is 10.6 Å². The van der Waals surface area contributed by atoms with Crippen LogP contribution in [0.5, 0.6) is 0 Å². The number of nitrogens with zero attached hydrogens (tertiary/aromatic N) is 3. The number of hydrogen-bond donors (Lipinski definition) is 4. The smallest absolute Gasteiger partial charge is 0.335 e. The molecule has 1 rings (SSSR count). The molecular weight excluding hydrogens is 210 g/mol. The number of aliphatic hydroxyl groups excluding tert-OH is 3. The third kappa shape index (κ3) is 2.17. The lowest BCUT2D eigenvalue weighted by Gasteiger charge is -2.36. The van der Waals surface area contributed by atoms with Gasteiger partial charge in [0.15, 0.2) is 12.3 Å². The van der Waals surface area contributed by atoms with Crippen LogP contribution in [0.4, 0.5) is 0 Å². The first-order valence-electron chi connectivity index (χ1n) is 3.95. The summed E-state index contributed by atoms with van der Waals surface area (Å²) >= 11 is 0. The zero-order valence-corrected chi connectivity index (χ0v) is 7.33. The van der Waals surface area contributed by atoms with Crippen molar-refractivity contribution < 1.29 is 30.0 Å². The first kappa shape index (κ1) is 11.7. The van der Waals surface area contributed by atoms with E-state index in [1.807, 2.05) is 0 Å². The van der Waals surface area contributed by atoms with E-state index >= 15 is 0 Å². The predicted octanol–water partition coefficient (Wildman–Crippen LogP) is -1.81. The first-order chi connectivity index (χ1) is 6.99. The van der Waals surface area contributed by atoms with Gasteiger partial charge in [0, 0.05) is 4.91 Å². The highest BCUT2D eigenvalue weighted by atomic mass is 16.6. The lowest BCUT2D eigenvalue weighted by atomic mass is 9.98. The Morgan fingerprint density at radius 2 is 1.87 bits per heavy atom. The Morgan fingerprint density at radius 1 is 1.27 bits per heavy atom. The van der Waals surface area contributed by atoms with E-state index in [0.29, 0.717) is 0 Å². The van der Waals surface area contributed by atoms with Gasteiger partial charge < -0.3 is 25.2 Å².